The van der Waals surface area contributed by atoms with Crippen LogP contribution in [0.2, 0.25) is 5.02 Å². The molecule has 2 N–H and O–H groups in total. The van der Waals surface area contributed by atoms with Gasteiger partial charge in [-0.25, -0.2) is 8.78 Å². The number of carbonyl (C=O) groups excluding carboxylic acids is 2. The van der Waals surface area contributed by atoms with Gasteiger partial charge in [0.05, 0.1) is 24.3 Å². The standard InChI is InChI=1S/C21H19ClF2N6O3/c1-10(26-20(32)21(33)4-3-13(31)8-21)18-16(24)5-11(9-25-18)14-6-12(22)7-15(23)17(14)19-27-29-30(2)28-19/h5-7,9-10,33H,3-4,8H2,1-2H3,(H,26,32)/t10-,21?/m1/s1. The van der Waals surface area contributed by atoms with E-state index in [-0.39, 0.29) is 58.3 Å². The second-order valence-electron chi connectivity index (χ2n) is 7.95. The molecule has 2 heterocycles. The molecule has 0 aliphatic heterocycles. The van der Waals surface area contributed by atoms with E-state index in [1.165, 1.54) is 26.2 Å². The van der Waals surface area contributed by atoms with Gasteiger partial charge in [-0.05, 0) is 42.3 Å². The highest BCUT2D eigenvalue weighted by Gasteiger charge is 2.43. The van der Waals surface area contributed by atoms with Crippen molar-refractivity contribution in [3.63, 3.8) is 0 Å². The molecule has 1 aliphatic rings. The van der Waals surface area contributed by atoms with Crippen molar-refractivity contribution in [2.24, 2.45) is 7.05 Å². The third-order valence-corrected chi connectivity index (χ3v) is 5.67. The summed E-state index contributed by atoms with van der Waals surface area (Å²) >= 11 is 6.02. The summed E-state index contributed by atoms with van der Waals surface area (Å²) in [5, 5.41) is 24.5. The van der Waals surface area contributed by atoms with E-state index in [4.69, 9.17) is 11.6 Å². The van der Waals surface area contributed by atoms with E-state index in [2.05, 4.69) is 25.7 Å². The van der Waals surface area contributed by atoms with Crippen LogP contribution in [0.5, 0.6) is 0 Å². The van der Waals surface area contributed by atoms with Gasteiger partial charge in [0.1, 0.15) is 23.0 Å². The average Bonchev–Trinajstić information content (AvgIpc) is 3.32. The van der Waals surface area contributed by atoms with E-state index in [0.717, 1.165) is 16.9 Å². The number of nitrogens with zero attached hydrogens (tertiary/aromatic N) is 5. The Morgan fingerprint density at radius 1 is 1.30 bits per heavy atom. The topological polar surface area (TPSA) is 123 Å². The van der Waals surface area contributed by atoms with Crippen molar-refractivity contribution >= 4 is 23.3 Å². The van der Waals surface area contributed by atoms with Crippen LogP contribution in [0.15, 0.2) is 24.4 Å². The van der Waals surface area contributed by atoms with Gasteiger partial charge in [0, 0.05) is 29.6 Å². The Hall–Kier alpha value is -3.31. The highest BCUT2D eigenvalue weighted by atomic mass is 35.5. The van der Waals surface area contributed by atoms with Gasteiger partial charge in [-0.15, -0.1) is 10.2 Å². The summed E-state index contributed by atoms with van der Waals surface area (Å²) in [4.78, 5) is 29.2. The van der Waals surface area contributed by atoms with Gasteiger partial charge in [-0.2, -0.15) is 4.80 Å². The van der Waals surface area contributed by atoms with Crippen LogP contribution < -0.4 is 5.32 Å². The average molecular weight is 477 g/mol. The number of aromatic nitrogens is 5. The second-order valence-corrected chi connectivity index (χ2v) is 8.38. The van der Waals surface area contributed by atoms with Gasteiger partial charge >= 0.3 is 0 Å². The monoisotopic (exact) mass is 476 g/mol. The highest BCUT2D eigenvalue weighted by molar-refractivity contribution is 6.31. The molecule has 3 aromatic rings. The Labute approximate surface area is 191 Å². The van der Waals surface area contributed by atoms with Gasteiger partial charge in [-0.1, -0.05) is 11.6 Å². The zero-order valence-corrected chi connectivity index (χ0v) is 18.4. The number of nitrogens with one attached hydrogen (secondary N) is 1. The zero-order chi connectivity index (χ0) is 23.9. The normalized spacial score (nSPS) is 19.0. The molecule has 1 aliphatic carbocycles. The maximum atomic E-state index is 15.0. The molecule has 0 spiro atoms. The fraction of sp³-hybridized carbons (Fsp3) is 0.333. The molecule has 2 aromatic heterocycles. The molecule has 172 valence electrons. The quantitative estimate of drug-likeness (QED) is 0.580. The number of rotatable bonds is 5. The molecular formula is C21H19ClF2N6O3. The van der Waals surface area contributed by atoms with E-state index < -0.39 is 29.2 Å². The van der Waals surface area contributed by atoms with Crippen molar-refractivity contribution in [1.82, 2.24) is 30.5 Å². The Morgan fingerprint density at radius 3 is 2.67 bits per heavy atom. The van der Waals surface area contributed by atoms with Crippen molar-refractivity contribution in [3.8, 4) is 22.5 Å². The van der Waals surface area contributed by atoms with Crippen molar-refractivity contribution in [3.05, 3.63) is 46.7 Å². The number of benzene rings is 1. The molecule has 1 aromatic carbocycles. The third kappa shape index (κ3) is 4.46. The molecule has 1 saturated carbocycles. The lowest BCUT2D eigenvalue weighted by atomic mass is 9.98. The SMILES string of the molecule is C[C@@H](NC(=O)C1(O)CCC(=O)C1)c1ncc(-c2cc(Cl)cc(F)c2-c2nnn(C)n2)cc1F. The van der Waals surface area contributed by atoms with Crippen molar-refractivity contribution in [2.45, 2.75) is 37.8 Å². The summed E-state index contributed by atoms with van der Waals surface area (Å²) < 4.78 is 29.7. The third-order valence-electron chi connectivity index (χ3n) is 5.46. The lowest BCUT2D eigenvalue weighted by molar-refractivity contribution is -0.141. The Kier molecular flexibility index (Phi) is 5.93. The lowest BCUT2D eigenvalue weighted by Crippen LogP contribution is -2.46. The maximum Gasteiger partial charge on any atom is 0.252 e. The van der Waals surface area contributed by atoms with Gasteiger partial charge in [-0.3, -0.25) is 14.6 Å². The summed E-state index contributed by atoms with van der Waals surface area (Å²) in [5.41, 5.74) is -1.50. The molecule has 9 nitrogen and oxygen atoms in total. The fourth-order valence-corrected chi connectivity index (χ4v) is 3.97. The van der Waals surface area contributed by atoms with Crippen LogP contribution >= 0.6 is 11.6 Å². The van der Waals surface area contributed by atoms with E-state index in [1.807, 2.05) is 0 Å². The van der Waals surface area contributed by atoms with Crippen molar-refractivity contribution < 1.29 is 23.5 Å². The Balaban J connectivity index is 1.65. The van der Waals surface area contributed by atoms with Crippen LogP contribution in [-0.4, -0.2) is 47.6 Å². The summed E-state index contributed by atoms with van der Waals surface area (Å²) in [6, 6.07) is 2.75. The molecule has 1 unspecified atom stereocenters. The Bertz CT molecular complexity index is 1270. The van der Waals surface area contributed by atoms with Gasteiger partial charge < -0.3 is 10.4 Å². The van der Waals surface area contributed by atoms with Crippen LogP contribution in [0.25, 0.3) is 22.5 Å². The van der Waals surface area contributed by atoms with E-state index in [9.17, 15) is 19.1 Å². The van der Waals surface area contributed by atoms with Crippen molar-refractivity contribution in [1.29, 1.82) is 0 Å². The minimum atomic E-state index is -1.81. The zero-order valence-electron chi connectivity index (χ0n) is 17.6. The van der Waals surface area contributed by atoms with Gasteiger partial charge in [0.25, 0.3) is 5.91 Å². The number of hydrogen-bond acceptors (Lipinski definition) is 7. The largest absolute Gasteiger partial charge is 0.380 e. The summed E-state index contributed by atoms with van der Waals surface area (Å²) in [6.07, 6.45) is 1.15. The molecule has 4 rings (SSSR count). The number of pyridine rings is 1. The second kappa shape index (κ2) is 8.56. The number of ketones is 1. The van der Waals surface area contributed by atoms with Crippen molar-refractivity contribution in [2.75, 3.05) is 0 Å². The molecule has 2 atom stereocenters. The Morgan fingerprint density at radius 2 is 2.06 bits per heavy atom. The smallest absolute Gasteiger partial charge is 0.252 e. The minimum Gasteiger partial charge on any atom is -0.380 e. The van der Waals surface area contributed by atoms with E-state index in [1.54, 1.807) is 0 Å². The summed E-state index contributed by atoms with van der Waals surface area (Å²) in [7, 11) is 1.52. The molecule has 33 heavy (non-hydrogen) atoms. The maximum absolute atomic E-state index is 15.0. The lowest BCUT2D eigenvalue weighted by Gasteiger charge is -2.23. The number of carbonyl (C=O) groups is 2. The first kappa shape index (κ1) is 22.9. The number of halogens is 3. The van der Waals surface area contributed by atoms with Gasteiger partial charge in [0.2, 0.25) is 5.82 Å². The van der Waals surface area contributed by atoms with E-state index in [0.29, 0.717) is 0 Å². The van der Waals surface area contributed by atoms with Crippen LogP contribution in [0.1, 0.15) is 37.9 Å². The minimum absolute atomic E-state index is 0.00821. The molecule has 1 amide bonds. The van der Waals surface area contributed by atoms with Crippen LogP contribution in [-0.2, 0) is 16.6 Å². The van der Waals surface area contributed by atoms with Crippen LogP contribution in [0.4, 0.5) is 8.78 Å². The fourth-order valence-electron chi connectivity index (χ4n) is 3.77. The predicted octanol–water partition coefficient (Wildman–Crippen LogP) is 2.53. The molecule has 0 saturated heterocycles. The highest BCUT2D eigenvalue weighted by Crippen LogP contribution is 2.35. The first-order chi connectivity index (χ1) is 15.6. The molecular weight excluding hydrogens is 458 g/mol. The van der Waals surface area contributed by atoms with Crippen LogP contribution in [0, 0.1) is 11.6 Å². The number of aryl methyl sites for hydroxylation is 1. The first-order valence-electron chi connectivity index (χ1n) is 10.0. The summed E-state index contributed by atoms with van der Waals surface area (Å²) in [5.74, 6) is -2.47. The number of hydrogen-bond donors (Lipinski definition) is 2. The summed E-state index contributed by atoms with van der Waals surface area (Å²) in [6.45, 7) is 1.50. The molecule has 0 radical (unpaired) electrons. The molecule has 12 heteroatoms. The number of tetrazole rings is 1. The number of aliphatic hydroxyl groups is 1. The molecule has 1 fully saturated rings. The number of Topliss-reactive ketones (excluding diaryl/α,β-unsaturated/α-hetero) is 1. The van der Waals surface area contributed by atoms with Gasteiger partial charge in [0.15, 0.2) is 0 Å². The predicted molar refractivity (Wildman–Crippen MR) is 113 cm³/mol. The van der Waals surface area contributed by atoms with E-state index >= 15 is 4.39 Å². The number of amides is 1. The van der Waals surface area contributed by atoms with Crippen LogP contribution in [0.3, 0.4) is 0 Å². The first-order valence-corrected chi connectivity index (χ1v) is 10.4. The molecule has 0 bridgehead atoms.